The Morgan fingerprint density at radius 3 is 2.76 bits per heavy atom. The highest BCUT2D eigenvalue weighted by molar-refractivity contribution is 5.55. The van der Waals surface area contributed by atoms with Crippen molar-refractivity contribution < 1.29 is 9.84 Å². The van der Waals surface area contributed by atoms with Crippen molar-refractivity contribution in [1.82, 2.24) is 14.6 Å². The number of hydrogen-bond acceptors (Lipinski definition) is 4. The summed E-state index contributed by atoms with van der Waals surface area (Å²) in [6, 6.07) is 7.59. The molecule has 0 saturated heterocycles. The number of hydrogen-bond donors (Lipinski definition) is 1. The van der Waals surface area contributed by atoms with Gasteiger partial charge in [-0.2, -0.15) is 5.10 Å². The molecule has 0 aliphatic heterocycles. The Balaban J connectivity index is 1.62. The molecule has 5 nitrogen and oxygen atoms in total. The maximum Gasteiger partial charge on any atom is 0.119 e. The summed E-state index contributed by atoms with van der Waals surface area (Å²) in [5.74, 6) is 0.856. The Hall–Kier alpha value is -2.40. The van der Waals surface area contributed by atoms with Gasteiger partial charge in [0.1, 0.15) is 11.9 Å². The summed E-state index contributed by atoms with van der Waals surface area (Å²) < 4.78 is 7.42. The van der Waals surface area contributed by atoms with Gasteiger partial charge < -0.3 is 9.84 Å². The molecule has 0 radical (unpaired) electrons. The van der Waals surface area contributed by atoms with Crippen LogP contribution in [0.4, 0.5) is 0 Å². The second-order valence-electron chi connectivity index (χ2n) is 5.29. The van der Waals surface area contributed by atoms with E-state index in [4.69, 9.17) is 4.74 Å². The lowest BCUT2D eigenvalue weighted by molar-refractivity contribution is 0.221. The minimum Gasteiger partial charge on any atom is -0.490 e. The summed E-state index contributed by atoms with van der Waals surface area (Å²) in [7, 11) is 0. The fourth-order valence-corrected chi connectivity index (χ4v) is 2.35. The number of aliphatic hydroxyl groups excluding tert-OH is 1. The van der Waals surface area contributed by atoms with Crippen LogP contribution in [0.25, 0.3) is 5.52 Å². The Morgan fingerprint density at radius 2 is 2.00 bits per heavy atom. The van der Waals surface area contributed by atoms with E-state index in [1.54, 1.807) is 29.3 Å². The zero-order valence-corrected chi connectivity index (χ0v) is 11.4. The van der Waals surface area contributed by atoms with E-state index in [-0.39, 0.29) is 0 Å². The molecule has 0 spiro atoms. The van der Waals surface area contributed by atoms with Gasteiger partial charge >= 0.3 is 0 Å². The van der Waals surface area contributed by atoms with Crippen LogP contribution >= 0.6 is 0 Å². The molecule has 2 heterocycles. The van der Waals surface area contributed by atoms with Crippen LogP contribution in [0.1, 0.15) is 30.1 Å². The summed E-state index contributed by atoms with van der Waals surface area (Å²) in [6.45, 7) is 0. The fourth-order valence-electron chi connectivity index (χ4n) is 2.35. The molecule has 1 N–H and O–H groups in total. The van der Waals surface area contributed by atoms with Crippen molar-refractivity contribution in [3.05, 3.63) is 60.2 Å². The van der Waals surface area contributed by atoms with Crippen molar-refractivity contribution in [2.75, 3.05) is 0 Å². The summed E-state index contributed by atoms with van der Waals surface area (Å²) in [5, 5.41) is 14.8. The van der Waals surface area contributed by atoms with E-state index in [0.717, 1.165) is 35.2 Å². The van der Waals surface area contributed by atoms with Gasteiger partial charge in [0.25, 0.3) is 0 Å². The molecule has 0 bridgehead atoms. The normalized spacial score (nSPS) is 16.0. The topological polar surface area (TPSA) is 59.7 Å². The third-order valence-corrected chi connectivity index (χ3v) is 3.67. The minimum absolute atomic E-state index is 0.381. The number of aliphatic hydroxyl groups is 1. The molecule has 4 rings (SSSR count). The molecule has 1 atom stereocenters. The lowest BCUT2D eigenvalue weighted by Gasteiger charge is -2.11. The first-order valence-corrected chi connectivity index (χ1v) is 7.03. The fraction of sp³-hybridized carbons (Fsp3) is 0.250. The first kappa shape index (κ1) is 12.3. The van der Waals surface area contributed by atoms with Gasteiger partial charge in [0.15, 0.2) is 0 Å². The van der Waals surface area contributed by atoms with Crippen molar-refractivity contribution in [2.24, 2.45) is 0 Å². The zero-order chi connectivity index (χ0) is 14.2. The van der Waals surface area contributed by atoms with Gasteiger partial charge in [-0.1, -0.05) is 12.1 Å². The van der Waals surface area contributed by atoms with E-state index < -0.39 is 6.10 Å². The summed E-state index contributed by atoms with van der Waals surface area (Å²) in [5.41, 5.74) is 2.37. The van der Waals surface area contributed by atoms with Crippen molar-refractivity contribution in [3.8, 4) is 5.75 Å². The van der Waals surface area contributed by atoms with Crippen LogP contribution in [0.3, 0.4) is 0 Å². The average Bonchev–Trinajstić information content (AvgIpc) is 3.23. The molecule has 1 unspecified atom stereocenters. The van der Waals surface area contributed by atoms with Crippen molar-refractivity contribution in [3.63, 3.8) is 0 Å². The number of ether oxygens (including phenoxy) is 1. The molecule has 1 saturated carbocycles. The highest BCUT2D eigenvalue weighted by Crippen LogP contribution is 2.29. The van der Waals surface area contributed by atoms with Gasteiger partial charge in [-0.15, -0.1) is 0 Å². The third-order valence-electron chi connectivity index (χ3n) is 3.67. The molecule has 5 heteroatoms. The van der Waals surface area contributed by atoms with Gasteiger partial charge in [-0.25, -0.2) is 4.52 Å². The summed E-state index contributed by atoms with van der Waals surface area (Å²) >= 11 is 0. The zero-order valence-electron chi connectivity index (χ0n) is 11.4. The lowest BCUT2D eigenvalue weighted by Crippen LogP contribution is -2.00. The molecule has 21 heavy (non-hydrogen) atoms. The van der Waals surface area contributed by atoms with Gasteiger partial charge in [-0.05, 0) is 30.5 Å². The first-order chi connectivity index (χ1) is 10.3. The Kier molecular flexibility index (Phi) is 2.86. The SMILES string of the molecule is OC(c1ccc(OC2CC2)cc1)c1cnn2ccncc12. The Bertz CT molecular complexity index is 763. The standard InChI is InChI=1S/C16H15N3O2/c20-16(14-9-18-19-8-7-17-10-15(14)19)11-1-3-12(4-2-11)21-13-5-6-13/h1-4,7-10,13,16,20H,5-6H2. The second kappa shape index (κ2) is 4.86. The van der Waals surface area contributed by atoms with Crippen LogP contribution in [-0.4, -0.2) is 25.8 Å². The van der Waals surface area contributed by atoms with E-state index in [1.807, 2.05) is 24.3 Å². The van der Waals surface area contributed by atoms with Crippen LogP contribution in [0, 0.1) is 0 Å². The smallest absolute Gasteiger partial charge is 0.119 e. The first-order valence-electron chi connectivity index (χ1n) is 7.03. The quantitative estimate of drug-likeness (QED) is 0.797. The Labute approximate surface area is 121 Å². The number of rotatable bonds is 4. The maximum absolute atomic E-state index is 10.5. The highest BCUT2D eigenvalue weighted by atomic mass is 16.5. The van der Waals surface area contributed by atoms with Gasteiger partial charge in [0.05, 0.1) is 24.0 Å². The average molecular weight is 281 g/mol. The van der Waals surface area contributed by atoms with Crippen LogP contribution in [0.2, 0.25) is 0 Å². The Morgan fingerprint density at radius 1 is 1.19 bits per heavy atom. The molecular formula is C16H15N3O2. The molecule has 2 aromatic heterocycles. The number of benzene rings is 1. The van der Waals surface area contributed by atoms with Crippen LogP contribution in [0.15, 0.2) is 49.1 Å². The predicted octanol–water partition coefficient (Wildman–Crippen LogP) is 2.35. The number of nitrogens with zero attached hydrogens (tertiary/aromatic N) is 3. The van der Waals surface area contributed by atoms with Gasteiger partial charge in [-0.3, -0.25) is 4.98 Å². The molecule has 106 valence electrons. The van der Waals surface area contributed by atoms with E-state index in [1.165, 1.54) is 0 Å². The molecule has 1 aliphatic carbocycles. The summed E-state index contributed by atoms with van der Waals surface area (Å²) in [6.07, 6.45) is 8.75. The van der Waals surface area contributed by atoms with Crippen LogP contribution in [0.5, 0.6) is 5.75 Å². The molecule has 1 aliphatic rings. The van der Waals surface area contributed by atoms with Crippen LogP contribution in [-0.2, 0) is 0 Å². The predicted molar refractivity (Wildman–Crippen MR) is 77.1 cm³/mol. The van der Waals surface area contributed by atoms with E-state index in [0.29, 0.717) is 6.10 Å². The second-order valence-corrected chi connectivity index (χ2v) is 5.29. The monoisotopic (exact) mass is 281 g/mol. The highest BCUT2D eigenvalue weighted by Gasteiger charge is 2.23. The van der Waals surface area contributed by atoms with Gasteiger partial charge in [0.2, 0.25) is 0 Å². The largest absolute Gasteiger partial charge is 0.490 e. The third kappa shape index (κ3) is 2.36. The lowest BCUT2D eigenvalue weighted by atomic mass is 10.0. The van der Waals surface area contributed by atoms with E-state index in [9.17, 15) is 5.11 Å². The summed E-state index contributed by atoms with van der Waals surface area (Å²) in [4.78, 5) is 4.08. The maximum atomic E-state index is 10.5. The molecule has 1 fully saturated rings. The molecular weight excluding hydrogens is 266 g/mol. The van der Waals surface area contributed by atoms with Crippen molar-refractivity contribution in [2.45, 2.75) is 25.0 Å². The van der Waals surface area contributed by atoms with Crippen molar-refractivity contribution in [1.29, 1.82) is 0 Å². The van der Waals surface area contributed by atoms with E-state index >= 15 is 0 Å². The van der Waals surface area contributed by atoms with Gasteiger partial charge in [0, 0.05) is 18.0 Å². The molecule has 1 aromatic carbocycles. The van der Waals surface area contributed by atoms with Crippen LogP contribution < -0.4 is 4.74 Å². The number of fused-ring (bicyclic) bond motifs is 1. The molecule has 3 aromatic rings. The number of aromatic nitrogens is 3. The van der Waals surface area contributed by atoms with E-state index in [2.05, 4.69) is 10.1 Å². The molecule has 0 amide bonds. The van der Waals surface area contributed by atoms with Crippen molar-refractivity contribution >= 4 is 5.52 Å². The minimum atomic E-state index is -0.721.